The number of carbonyl (C=O) groups excluding carboxylic acids is 2. The Balaban J connectivity index is 1.64. The number of sulfonamides is 1. The maximum atomic E-state index is 13.5. The van der Waals surface area contributed by atoms with Gasteiger partial charge in [0.2, 0.25) is 5.91 Å². The van der Waals surface area contributed by atoms with E-state index in [2.05, 4.69) is 5.32 Å². The largest absolute Gasteiger partial charge is 0.484 e. The molecule has 40 heavy (non-hydrogen) atoms. The van der Waals surface area contributed by atoms with Crippen LogP contribution in [-0.4, -0.2) is 51.9 Å². The number of hydrogen-bond donors (Lipinski definition) is 1. The molecule has 0 unspecified atom stereocenters. The summed E-state index contributed by atoms with van der Waals surface area (Å²) in [4.78, 5) is 26.9. The highest BCUT2D eigenvalue weighted by Gasteiger charge is 2.27. The zero-order valence-electron chi connectivity index (χ0n) is 23.3. The zero-order chi connectivity index (χ0) is 29.8. The molecule has 3 aromatic carbocycles. The van der Waals surface area contributed by atoms with E-state index in [0.717, 1.165) is 22.3 Å². The van der Waals surface area contributed by atoms with Crippen LogP contribution < -0.4 is 14.4 Å². The topological polar surface area (TPSA) is 96.0 Å². The van der Waals surface area contributed by atoms with Crippen molar-refractivity contribution in [3.05, 3.63) is 80.8 Å². The molecule has 0 fully saturated rings. The van der Waals surface area contributed by atoms with Gasteiger partial charge in [0.25, 0.3) is 15.9 Å². The molecular formula is C29H33Cl2N3O5S. The fourth-order valence-corrected chi connectivity index (χ4v) is 6.27. The van der Waals surface area contributed by atoms with Gasteiger partial charge < -0.3 is 15.0 Å². The van der Waals surface area contributed by atoms with E-state index >= 15 is 0 Å². The van der Waals surface area contributed by atoms with Gasteiger partial charge >= 0.3 is 0 Å². The first-order chi connectivity index (χ1) is 18.8. The maximum absolute atomic E-state index is 13.5. The van der Waals surface area contributed by atoms with Crippen LogP contribution in [0.4, 0.5) is 11.4 Å². The van der Waals surface area contributed by atoms with Crippen molar-refractivity contribution in [3.8, 4) is 5.75 Å². The number of likely N-dealkylation sites (N-methyl/N-ethyl adjacent to an activating group) is 1. The number of nitrogens with one attached hydrogen (secondary N) is 1. The van der Waals surface area contributed by atoms with E-state index in [1.165, 1.54) is 22.3 Å². The Labute approximate surface area is 245 Å². The zero-order valence-corrected chi connectivity index (χ0v) is 25.7. The molecule has 0 bridgehead atoms. The molecule has 3 rings (SSSR count). The Morgan fingerprint density at radius 3 is 2.10 bits per heavy atom. The van der Waals surface area contributed by atoms with Crippen molar-refractivity contribution >= 4 is 56.4 Å². The van der Waals surface area contributed by atoms with Gasteiger partial charge in [-0.1, -0.05) is 29.3 Å². The molecule has 0 aliphatic rings. The van der Waals surface area contributed by atoms with E-state index in [0.29, 0.717) is 32.1 Å². The molecule has 0 heterocycles. The third-order valence-electron chi connectivity index (χ3n) is 6.75. The van der Waals surface area contributed by atoms with Gasteiger partial charge in [-0.15, -0.1) is 0 Å². The van der Waals surface area contributed by atoms with Gasteiger partial charge in [0.1, 0.15) is 5.75 Å². The Hall–Kier alpha value is -3.27. The molecule has 0 saturated carbocycles. The van der Waals surface area contributed by atoms with Gasteiger partial charge in [-0.05, 0) is 99.3 Å². The summed E-state index contributed by atoms with van der Waals surface area (Å²) in [5.74, 6) is -0.436. The van der Waals surface area contributed by atoms with Gasteiger partial charge in [-0.25, -0.2) is 8.42 Å². The second kappa shape index (κ2) is 12.9. The first kappa shape index (κ1) is 31.3. The molecule has 3 aromatic rings. The van der Waals surface area contributed by atoms with Crippen LogP contribution in [0, 0.1) is 27.7 Å². The van der Waals surface area contributed by atoms with Crippen LogP contribution in [0.25, 0.3) is 0 Å². The van der Waals surface area contributed by atoms with Crippen LogP contribution in [0.1, 0.15) is 29.2 Å². The summed E-state index contributed by atoms with van der Waals surface area (Å²) in [5, 5.41) is 3.40. The Morgan fingerprint density at radius 1 is 0.925 bits per heavy atom. The van der Waals surface area contributed by atoms with E-state index in [9.17, 15) is 18.0 Å². The summed E-state index contributed by atoms with van der Waals surface area (Å²) in [6.07, 6.45) is 0. The first-order valence-electron chi connectivity index (χ1n) is 12.6. The maximum Gasteiger partial charge on any atom is 0.264 e. The number of halogens is 2. The number of carbonyl (C=O) groups is 2. The van der Waals surface area contributed by atoms with Crippen molar-refractivity contribution in [3.63, 3.8) is 0 Å². The molecule has 8 nitrogen and oxygen atoms in total. The fraction of sp³-hybridized carbons (Fsp3) is 0.310. The van der Waals surface area contributed by atoms with Gasteiger partial charge in [0.05, 0.1) is 27.8 Å². The lowest BCUT2D eigenvalue weighted by Crippen LogP contribution is -2.40. The smallest absolute Gasteiger partial charge is 0.264 e. The third-order valence-corrected chi connectivity index (χ3v) is 9.37. The number of benzene rings is 3. The van der Waals surface area contributed by atoms with Gasteiger partial charge in [0.15, 0.2) is 6.61 Å². The number of ether oxygens (including phenoxy) is 1. The van der Waals surface area contributed by atoms with Crippen LogP contribution in [0.5, 0.6) is 5.75 Å². The average Bonchev–Trinajstić information content (AvgIpc) is 2.91. The number of aryl methyl sites for hydroxylation is 2. The number of hydrogen-bond acceptors (Lipinski definition) is 5. The predicted molar refractivity (Wildman–Crippen MR) is 160 cm³/mol. The molecule has 0 atom stereocenters. The molecule has 0 aromatic heterocycles. The molecular weight excluding hydrogens is 573 g/mol. The summed E-state index contributed by atoms with van der Waals surface area (Å²) < 4.78 is 33.9. The van der Waals surface area contributed by atoms with Crippen molar-refractivity contribution in [2.75, 3.05) is 36.4 Å². The highest BCUT2D eigenvalue weighted by atomic mass is 35.5. The molecule has 2 amide bonds. The van der Waals surface area contributed by atoms with Crippen molar-refractivity contribution in [1.82, 2.24) is 4.90 Å². The molecule has 0 aliphatic heterocycles. The fourth-order valence-electron chi connectivity index (χ4n) is 4.16. The molecule has 0 aliphatic carbocycles. The van der Waals surface area contributed by atoms with Crippen molar-refractivity contribution in [2.45, 2.75) is 39.5 Å². The van der Waals surface area contributed by atoms with E-state index in [4.69, 9.17) is 27.9 Å². The SMILES string of the molecule is CCN(CC(=O)Nc1cc(Cl)ccc1Cl)C(=O)COc1ccc(N(C)S(=O)(=O)c2c(C)c(C)cc(C)c2C)cc1. The van der Waals surface area contributed by atoms with Crippen LogP contribution in [0.3, 0.4) is 0 Å². The van der Waals surface area contributed by atoms with Crippen molar-refractivity contribution in [1.29, 1.82) is 0 Å². The molecule has 0 radical (unpaired) electrons. The lowest BCUT2D eigenvalue weighted by atomic mass is 10.0. The minimum Gasteiger partial charge on any atom is -0.484 e. The Bertz CT molecular complexity index is 1500. The number of amides is 2. The van der Waals surface area contributed by atoms with Crippen LogP contribution >= 0.6 is 23.2 Å². The highest BCUT2D eigenvalue weighted by molar-refractivity contribution is 7.93. The number of rotatable bonds is 10. The minimum absolute atomic E-state index is 0.194. The standard InChI is InChI=1S/C29H33Cl2N3O5S/c1-7-34(16-27(35)32-26-15-22(30)8-13-25(26)31)28(36)17-39-24-11-9-23(10-12-24)33(6)40(37,38)29-20(4)18(2)14-19(3)21(29)5/h8-15H,7,16-17H2,1-6H3,(H,32,35). The van der Waals surface area contributed by atoms with Crippen LogP contribution in [0.15, 0.2) is 53.4 Å². The first-order valence-corrected chi connectivity index (χ1v) is 14.8. The lowest BCUT2D eigenvalue weighted by molar-refractivity contribution is -0.136. The molecule has 214 valence electrons. The Kier molecular flexibility index (Phi) is 10.1. The normalized spacial score (nSPS) is 11.2. The molecule has 1 N–H and O–H groups in total. The monoisotopic (exact) mass is 605 g/mol. The summed E-state index contributed by atoms with van der Waals surface area (Å²) in [6, 6.07) is 13.1. The van der Waals surface area contributed by atoms with Crippen molar-refractivity contribution in [2.24, 2.45) is 0 Å². The van der Waals surface area contributed by atoms with E-state index in [1.807, 2.05) is 33.8 Å². The van der Waals surface area contributed by atoms with Crippen LogP contribution in [0.2, 0.25) is 10.0 Å². The Morgan fingerprint density at radius 2 is 1.52 bits per heavy atom. The van der Waals surface area contributed by atoms with Crippen molar-refractivity contribution < 1.29 is 22.7 Å². The summed E-state index contributed by atoms with van der Waals surface area (Å²) in [7, 11) is -2.31. The van der Waals surface area contributed by atoms with Crippen LogP contribution in [-0.2, 0) is 19.6 Å². The average molecular weight is 607 g/mol. The summed E-state index contributed by atoms with van der Waals surface area (Å²) in [5.41, 5.74) is 4.07. The highest BCUT2D eigenvalue weighted by Crippen LogP contribution is 2.31. The predicted octanol–water partition coefficient (Wildman–Crippen LogP) is 5.92. The van der Waals surface area contributed by atoms with Gasteiger partial charge in [-0.2, -0.15) is 0 Å². The quantitative estimate of drug-likeness (QED) is 0.309. The number of nitrogens with zero attached hydrogens (tertiary/aromatic N) is 2. The lowest BCUT2D eigenvalue weighted by Gasteiger charge is -2.24. The van der Waals surface area contributed by atoms with Gasteiger partial charge in [-0.3, -0.25) is 13.9 Å². The van der Waals surface area contributed by atoms with E-state index < -0.39 is 15.9 Å². The molecule has 0 spiro atoms. The molecule has 11 heteroatoms. The minimum atomic E-state index is -3.81. The molecule has 0 saturated heterocycles. The van der Waals surface area contributed by atoms with E-state index in [1.54, 1.807) is 43.3 Å². The second-order valence-electron chi connectivity index (χ2n) is 9.42. The van der Waals surface area contributed by atoms with Gasteiger partial charge in [0, 0.05) is 18.6 Å². The van der Waals surface area contributed by atoms with E-state index in [-0.39, 0.29) is 25.6 Å². The third kappa shape index (κ3) is 7.08. The summed E-state index contributed by atoms with van der Waals surface area (Å²) >= 11 is 12.1. The number of anilines is 2. The second-order valence-corrected chi connectivity index (χ2v) is 12.2. The summed E-state index contributed by atoms with van der Waals surface area (Å²) in [6.45, 7) is 8.97.